The number of carbonyl (C=O) groups excluding carboxylic acids is 2. The number of benzene rings is 1. The van der Waals surface area contributed by atoms with Crippen molar-refractivity contribution >= 4 is 35.5 Å². The average molecular weight is 507 g/mol. The number of aliphatic imine (C=N–C) groups is 1. The van der Waals surface area contributed by atoms with E-state index >= 15 is 0 Å². The van der Waals surface area contributed by atoms with Crippen LogP contribution in [-0.2, 0) is 14.3 Å². The lowest BCUT2D eigenvalue weighted by molar-refractivity contribution is -0.185. The Bertz CT molecular complexity index is 998. The third-order valence-corrected chi connectivity index (χ3v) is 5.75. The van der Waals surface area contributed by atoms with Crippen molar-refractivity contribution in [2.24, 2.45) is 10.7 Å². The topological polar surface area (TPSA) is 135 Å². The van der Waals surface area contributed by atoms with Crippen LogP contribution in [-0.4, -0.2) is 55.0 Å². The van der Waals surface area contributed by atoms with E-state index in [0.29, 0.717) is 29.0 Å². The number of methoxy groups -OCH3 is 1. The molecule has 0 saturated carbocycles. The maximum Gasteiger partial charge on any atom is 0.429 e. The zero-order chi connectivity index (χ0) is 25.6. The summed E-state index contributed by atoms with van der Waals surface area (Å²) >= 11 is 6.22. The van der Waals surface area contributed by atoms with Gasteiger partial charge in [0.25, 0.3) is 5.91 Å². The summed E-state index contributed by atoms with van der Waals surface area (Å²) in [5.74, 6) is -2.16. The number of hydroxylamine groups is 1. The van der Waals surface area contributed by atoms with Crippen LogP contribution in [0.5, 0.6) is 5.75 Å². The maximum atomic E-state index is 13.8. The van der Waals surface area contributed by atoms with Gasteiger partial charge in [0.15, 0.2) is 0 Å². The molecule has 0 fully saturated rings. The van der Waals surface area contributed by atoms with Gasteiger partial charge in [-0.05, 0) is 56.4 Å². The van der Waals surface area contributed by atoms with E-state index in [9.17, 15) is 22.8 Å². The van der Waals surface area contributed by atoms with E-state index in [1.54, 1.807) is 19.3 Å². The number of fused-ring (bicyclic) bond motifs is 1. The number of amides is 1. The predicted octanol–water partition coefficient (Wildman–Crippen LogP) is 2.79. The summed E-state index contributed by atoms with van der Waals surface area (Å²) in [5, 5.41) is 11.2. The first-order chi connectivity index (χ1) is 15.9. The molecule has 2 atom stereocenters. The molecule has 5 N–H and O–H groups in total. The number of esters is 1. The van der Waals surface area contributed by atoms with E-state index < -0.39 is 35.8 Å². The van der Waals surface area contributed by atoms with Crippen molar-refractivity contribution in [3.05, 3.63) is 33.4 Å². The molecule has 1 unspecified atom stereocenters. The summed E-state index contributed by atoms with van der Waals surface area (Å²) in [6, 6.07) is 0.182. The summed E-state index contributed by atoms with van der Waals surface area (Å²) in [6.07, 6.45) is -5.47. The first kappa shape index (κ1) is 27.3. The van der Waals surface area contributed by atoms with Gasteiger partial charge in [0.05, 0.1) is 12.7 Å². The molecule has 34 heavy (non-hydrogen) atoms. The Kier molecular flexibility index (Phi) is 9.16. The second-order valence-corrected chi connectivity index (χ2v) is 7.99. The standard InChI is InChI=1S/C21H26ClF3N4O5/c1-10-8-15-12(11(2)16(10)22)9-13(17(34-15)21(23,24)25)18(30)28-14(19(31)33-3)6-4-5-7-27-20(26)29-32/h8-9,14,17,32H,4-7H2,1-3H3,(H,28,30)(H3,26,27,29)/t14?,17-/m0/s1. The molecule has 1 aromatic carbocycles. The molecule has 13 heteroatoms. The van der Waals surface area contributed by atoms with Crippen molar-refractivity contribution in [3.8, 4) is 5.75 Å². The molecule has 1 aromatic rings. The van der Waals surface area contributed by atoms with Gasteiger partial charge in [0, 0.05) is 17.1 Å². The van der Waals surface area contributed by atoms with Crippen molar-refractivity contribution in [1.29, 1.82) is 0 Å². The number of nitrogens with one attached hydrogen (secondary N) is 2. The van der Waals surface area contributed by atoms with E-state index in [-0.39, 0.29) is 30.2 Å². The van der Waals surface area contributed by atoms with Crippen molar-refractivity contribution in [2.45, 2.75) is 51.4 Å². The number of halogens is 4. The number of hydrogen-bond donors (Lipinski definition) is 4. The Morgan fingerprint density at radius 2 is 2.03 bits per heavy atom. The van der Waals surface area contributed by atoms with Crippen LogP contribution in [0.1, 0.15) is 36.0 Å². The molecule has 0 saturated heterocycles. The molecule has 188 valence electrons. The lowest BCUT2D eigenvalue weighted by atomic mass is 9.95. The number of rotatable bonds is 8. The minimum absolute atomic E-state index is 0.0417. The molecule has 0 aliphatic carbocycles. The van der Waals surface area contributed by atoms with E-state index in [0.717, 1.165) is 13.2 Å². The molecule has 0 aromatic heterocycles. The SMILES string of the molecule is COC(=O)C(CCCCN=C(N)NO)NC(=O)C1=Cc2c(cc(C)c(Cl)c2C)O[C@@H]1C(F)(F)F. The van der Waals surface area contributed by atoms with E-state index in [4.69, 9.17) is 27.3 Å². The summed E-state index contributed by atoms with van der Waals surface area (Å²) in [6.45, 7) is 3.46. The lowest BCUT2D eigenvalue weighted by Gasteiger charge is -2.30. The summed E-state index contributed by atoms with van der Waals surface area (Å²) in [5.41, 5.74) is 7.49. The molecule has 9 nitrogen and oxygen atoms in total. The Morgan fingerprint density at radius 1 is 1.35 bits per heavy atom. The van der Waals surface area contributed by atoms with Gasteiger partial charge in [-0.25, -0.2) is 10.3 Å². The highest BCUT2D eigenvalue weighted by Crippen LogP contribution is 2.41. The van der Waals surface area contributed by atoms with Crippen LogP contribution >= 0.6 is 11.6 Å². The number of unbranched alkanes of at least 4 members (excludes halogenated alkanes) is 1. The monoisotopic (exact) mass is 506 g/mol. The highest BCUT2D eigenvalue weighted by atomic mass is 35.5. The number of guanidine groups is 1. The summed E-state index contributed by atoms with van der Waals surface area (Å²) < 4.78 is 51.1. The Morgan fingerprint density at radius 3 is 2.62 bits per heavy atom. The van der Waals surface area contributed by atoms with Crippen molar-refractivity contribution in [2.75, 3.05) is 13.7 Å². The number of nitrogens with two attached hydrogens (primary N) is 1. The smallest absolute Gasteiger partial charge is 0.429 e. The third kappa shape index (κ3) is 6.54. The molecular weight excluding hydrogens is 481 g/mol. The van der Waals surface area contributed by atoms with Crippen LogP contribution in [0.2, 0.25) is 5.02 Å². The van der Waals surface area contributed by atoms with Gasteiger partial charge >= 0.3 is 12.1 Å². The van der Waals surface area contributed by atoms with Crippen LogP contribution in [0, 0.1) is 13.8 Å². The van der Waals surface area contributed by atoms with Crippen LogP contribution in [0.25, 0.3) is 6.08 Å². The number of ether oxygens (including phenoxy) is 2. The van der Waals surface area contributed by atoms with Gasteiger partial charge in [-0.1, -0.05) is 11.6 Å². The molecule has 0 radical (unpaired) electrons. The van der Waals surface area contributed by atoms with Crippen LogP contribution in [0.3, 0.4) is 0 Å². The molecule has 0 spiro atoms. The molecule has 1 aliphatic rings. The molecular formula is C21H26ClF3N4O5. The summed E-state index contributed by atoms with van der Waals surface area (Å²) in [7, 11) is 1.10. The first-order valence-corrected chi connectivity index (χ1v) is 10.6. The van der Waals surface area contributed by atoms with Gasteiger partial charge in [-0.2, -0.15) is 13.2 Å². The van der Waals surface area contributed by atoms with Gasteiger partial charge in [0.2, 0.25) is 12.1 Å². The van der Waals surface area contributed by atoms with Gasteiger partial charge in [-0.15, -0.1) is 0 Å². The third-order valence-electron chi connectivity index (χ3n) is 5.17. The van der Waals surface area contributed by atoms with Crippen LogP contribution in [0.15, 0.2) is 16.6 Å². The lowest BCUT2D eigenvalue weighted by Crippen LogP contribution is -2.48. The number of carbonyl (C=O) groups is 2. The number of hydrogen-bond acceptors (Lipinski definition) is 6. The minimum atomic E-state index is -4.89. The highest BCUT2D eigenvalue weighted by molar-refractivity contribution is 6.32. The maximum absolute atomic E-state index is 13.8. The van der Waals surface area contributed by atoms with Crippen LogP contribution in [0.4, 0.5) is 13.2 Å². The fourth-order valence-electron chi connectivity index (χ4n) is 3.39. The second kappa shape index (κ2) is 11.4. The number of nitrogens with zero attached hydrogens (tertiary/aromatic N) is 1. The summed E-state index contributed by atoms with van der Waals surface area (Å²) in [4.78, 5) is 28.8. The van der Waals surface area contributed by atoms with Crippen molar-refractivity contribution in [3.63, 3.8) is 0 Å². The average Bonchev–Trinajstić information content (AvgIpc) is 2.79. The zero-order valence-electron chi connectivity index (χ0n) is 18.8. The Labute approximate surface area is 199 Å². The fourth-order valence-corrected chi connectivity index (χ4v) is 3.55. The molecule has 1 aliphatic heterocycles. The van der Waals surface area contributed by atoms with E-state index in [1.165, 1.54) is 6.07 Å². The van der Waals surface area contributed by atoms with Crippen molar-refractivity contribution in [1.82, 2.24) is 10.8 Å². The van der Waals surface area contributed by atoms with E-state index in [1.807, 2.05) is 0 Å². The van der Waals surface area contributed by atoms with Gasteiger partial charge < -0.3 is 20.5 Å². The molecule has 0 bridgehead atoms. The van der Waals surface area contributed by atoms with Crippen molar-refractivity contribution < 1.29 is 37.4 Å². The van der Waals surface area contributed by atoms with Crippen LogP contribution < -0.4 is 21.3 Å². The second-order valence-electron chi connectivity index (χ2n) is 7.61. The van der Waals surface area contributed by atoms with Gasteiger partial charge in [-0.3, -0.25) is 15.0 Å². The van der Waals surface area contributed by atoms with E-state index in [2.05, 4.69) is 15.0 Å². The molecule has 1 heterocycles. The predicted molar refractivity (Wildman–Crippen MR) is 119 cm³/mol. The number of aryl methyl sites for hydroxylation is 1. The largest absolute Gasteiger partial charge is 0.475 e. The fraction of sp³-hybridized carbons (Fsp3) is 0.476. The quantitative estimate of drug-likeness (QED) is 0.140. The molecule has 2 rings (SSSR count). The first-order valence-electron chi connectivity index (χ1n) is 10.2. The minimum Gasteiger partial charge on any atom is -0.475 e. The Hall–Kier alpha value is -2.99. The molecule has 1 amide bonds. The normalized spacial score (nSPS) is 16.6. The van der Waals surface area contributed by atoms with Gasteiger partial charge in [0.1, 0.15) is 11.8 Å². The Balaban J connectivity index is 2.27. The number of alkyl halides is 3. The highest BCUT2D eigenvalue weighted by Gasteiger charge is 2.49. The zero-order valence-corrected chi connectivity index (χ0v) is 19.5.